The highest BCUT2D eigenvalue weighted by atomic mass is 16.2. The second-order valence-electron chi connectivity index (χ2n) is 4.43. The average Bonchev–Trinajstić information content (AvgIpc) is 2.56. The Balaban J connectivity index is 1.86. The van der Waals surface area contributed by atoms with Gasteiger partial charge in [-0.25, -0.2) is 10.5 Å². The van der Waals surface area contributed by atoms with Gasteiger partial charge in [0.25, 0.3) is 11.5 Å². The lowest BCUT2D eigenvalue weighted by atomic mass is 10.1. The number of H-pyrrole nitrogens is 1. The highest BCUT2D eigenvalue weighted by molar-refractivity contribution is 6.04. The van der Waals surface area contributed by atoms with Crippen LogP contribution in [0.1, 0.15) is 16.1 Å². The molecule has 0 aliphatic rings. The Morgan fingerprint density at radius 3 is 2.77 bits per heavy atom. The fourth-order valence-corrected chi connectivity index (χ4v) is 1.96. The van der Waals surface area contributed by atoms with Gasteiger partial charge in [-0.05, 0) is 12.1 Å². The molecule has 1 amide bonds. The highest BCUT2D eigenvalue weighted by Crippen LogP contribution is 2.11. The van der Waals surface area contributed by atoms with Crippen molar-refractivity contribution < 1.29 is 4.79 Å². The van der Waals surface area contributed by atoms with Gasteiger partial charge in [-0.15, -0.1) is 0 Å². The molecule has 3 rings (SSSR count). The predicted octanol–water partition coefficient (Wildman–Crippen LogP) is 1.08. The number of nitrogens with one attached hydrogen (secondary N) is 2. The first-order chi connectivity index (χ1) is 10.8. The summed E-state index contributed by atoms with van der Waals surface area (Å²) in [6, 6.07) is 10.3. The lowest BCUT2D eigenvalue weighted by molar-refractivity contribution is 0.0951. The first-order valence-corrected chi connectivity index (χ1v) is 6.46. The number of aromatic amines is 1. The zero-order valence-electron chi connectivity index (χ0n) is 11.4. The third-order valence-electron chi connectivity index (χ3n) is 2.98. The number of hydrogen-bond acceptors (Lipinski definition) is 5. The summed E-state index contributed by atoms with van der Waals surface area (Å²) in [5, 5.41) is 10.8. The molecule has 2 heterocycles. The van der Waals surface area contributed by atoms with Crippen LogP contribution in [0.5, 0.6) is 0 Å². The van der Waals surface area contributed by atoms with E-state index < -0.39 is 5.91 Å². The highest BCUT2D eigenvalue weighted by Gasteiger charge is 2.12. The van der Waals surface area contributed by atoms with Gasteiger partial charge in [0.15, 0.2) is 5.69 Å². The number of hydrogen-bond donors (Lipinski definition) is 2. The summed E-state index contributed by atoms with van der Waals surface area (Å²) in [7, 11) is 0. The Bertz CT molecular complexity index is 902. The molecule has 0 spiro atoms. The molecule has 0 saturated carbocycles. The van der Waals surface area contributed by atoms with E-state index in [1.165, 1.54) is 6.21 Å². The molecule has 0 aliphatic heterocycles. The molecule has 1 aromatic carbocycles. The number of nitrogens with zero attached hydrogens (tertiary/aromatic N) is 3. The van der Waals surface area contributed by atoms with Crippen molar-refractivity contribution in [2.24, 2.45) is 5.10 Å². The van der Waals surface area contributed by atoms with Crippen LogP contribution in [0.2, 0.25) is 0 Å². The average molecular weight is 293 g/mol. The molecule has 0 atom stereocenters. The number of amides is 1. The van der Waals surface area contributed by atoms with Crippen LogP contribution < -0.4 is 11.0 Å². The Kier molecular flexibility index (Phi) is 3.69. The third-order valence-corrected chi connectivity index (χ3v) is 2.98. The summed E-state index contributed by atoms with van der Waals surface area (Å²) in [5.41, 5.74) is 2.90. The Hall–Kier alpha value is -3.35. The van der Waals surface area contributed by atoms with E-state index >= 15 is 0 Å². The number of rotatable bonds is 3. The molecular weight excluding hydrogens is 282 g/mol. The molecule has 0 aliphatic carbocycles. The van der Waals surface area contributed by atoms with Crippen LogP contribution in [0.25, 0.3) is 10.8 Å². The Morgan fingerprint density at radius 1 is 1.18 bits per heavy atom. The molecule has 0 radical (unpaired) electrons. The normalized spacial score (nSPS) is 10.9. The number of hydrazone groups is 1. The standard InChI is InChI=1S/C15H11N5O2/c21-14-12-6-2-1-5-11(12)13(18-20-14)15(22)19-17-9-10-4-3-7-16-8-10/h1-9H,(H,19,22)(H,20,21)/b17-9-. The number of fused-ring (bicyclic) bond motifs is 1. The van der Waals surface area contributed by atoms with E-state index in [9.17, 15) is 9.59 Å². The van der Waals surface area contributed by atoms with Crippen molar-refractivity contribution >= 4 is 22.9 Å². The Morgan fingerprint density at radius 2 is 2.00 bits per heavy atom. The minimum atomic E-state index is -0.507. The van der Waals surface area contributed by atoms with E-state index in [1.54, 1.807) is 48.8 Å². The maximum absolute atomic E-state index is 12.1. The van der Waals surface area contributed by atoms with E-state index in [-0.39, 0.29) is 11.3 Å². The van der Waals surface area contributed by atoms with Crippen LogP contribution in [0, 0.1) is 0 Å². The van der Waals surface area contributed by atoms with E-state index in [2.05, 4.69) is 25.7 Å². The minimum absolute atomic E-state index is 0.110. The fraction of sp³-hybridized carbons (Fsp3) is 0. The van der Waals surface area contributed by atoms with Crippen LogP contribution in [-0.2, 0) is 0 Å². The lowest BCUT2D eigenvalue weighted by Crippen LogP contribution is -2.22. The van der Waals surface area contributed by atoms with Crippen molar-refractivity contribution in [2.45, 2.75) is 0 Å². The number of aromatic nitrogens is 3. The molecule has 7 nitrogen and oxygen atoms in total. The van der Waals surface area contributed by atoms with Gasteiger partial charge in [0.2, 0.25) is 0 Å². The van der Waals surface area contributed by atoms with Gasteiger partial charge >= 0.3 is 0 Å². The summed E-state index contributed by atoms with van der Waals surface area (Å²) in [4.78, 5) is 27.7. The molecule has 7 heteroatoms. The van der Waals surface area contributed by atoms with Gasteiger partial charge in [-0.2, -0.15) is 10.2 Å². The number of carbonyl (C=O) groups is 1. The van der Waals surface area contributed by atoms with Gasteiger partial charge < -0.3 is 0 Å². The maximum Gasteiger partial charge on any atom is 0.292 e. The summed E-state index contributed by atoms with van der Waals surface area (Å²) >= 11 is 0. The summed E-state index contributed by atoms with van der Waals surface area (Å²) < 4.78 is 0. The van der Waals surface area contributed by atoms with Gasteiger partial charge in [0.1, 0.15) is 0 Å². The molecule has 3 aromatic rings. The molecule has 0 saturated heterocycles. The van der Waals surface area contributed by atoms with Gasteiger partial charge in [-0.3, -0.25) is 14.6 Å². The summed E-state index contributed by atoms with van der Waals surface area (Å²) in [6.45, 7) is 0. The van der Waals surface area contributed by atoms with Crippen molar-refractivity contribution in [1.29, 1.82) is 0 Å². The van der Waals surface area contributed by atoms with Crippen molar-refractivity contribution in [3.8, 4) is 0 Å². The monoisotopic (exact) mass is 293 g/mol. The van der Waals surface area contributed by atoms with E-state index in [4.69, 9.17) is 0 Å². The first-order valence-electron chi connectivity index (χ1n) is 6.46. The van der Waals surface area contributed by atoms with Crippen LogP contribution >= 0.6 is 0 Å². The summed E-state index contributed by atoms with van der Waals surface area (Å²) in [6.07, 6.45) is 4.73. The molecule has 0 fully saturated rings. The lowest BCUT2D eigenvalue weighted by Gasteiger charge is -2.02. The number of carbonyl (C=O) groups excluding carboxylic acids is 1. The smallest absolute Gasteiger partial charge is 0.267 e. The topological polar surface area (TPSA) is 100 Å². The van der Waals surface area contributed by atoms with Gasteiger partial charge in [0.05, 0.1) is 11.6 Å². The van der Waals surface area contributed by atoms with E-state index in [0.717, 1.165) is 5.56 Å². The molecule has 0 unspecified atom stereocenters. The van der Waals surface area contributed by atoms with Gasteiger partial charge in [0, 0.05) is 23.3 Å². The molecule has 0 bridgehead atoms. The minimum Gasteiger partial charge on any atom is -0.267 e. The molecular formula is C15H11N5O2. The van der Waals surface area contributed by atoms with Crippen molar-refractivity contribution in [1.82, 2.24) is 20.6 Å². The second kappa shape index (κ2) is 5.96. The molecule has 108 valence electrons. The molecule has 2 aromatic heterocycles. The van der Waals surface area contributed by atoms with Crippen LogP contribution in [0.3, 0.4) is 0 Å². The van der Waals surface area contributed by atoms with E-state index in [1.807, 2.05) is 0 Å². The van der Waals surface area contributed by atoms with Crippen LogP contribution in [-0.4, -0.2) is 27.3 Å². The van der Waals surface area contributed by atoms with Crippen molar-refractivity contribution in [3.05, 3.63) is 70.4 Å². The molecule has 22 heavy (non-hydrogen) atoms. The quantitative estimate of drug-likeness (QED) is 0.557. The number of benzene rings is 1. The molecule has 2 N–H and O–H groups in total. The maximum atomic E-state index is 12.1. The SMILES string of the molecule is O=C(N/N=C\c1cccnc1)c1n[nH]c(=O)c2ccccc12. The summed E-state index contributed by atoms with van der Waals surface area (Å²) in [5.74, 6) is -0.507. The Labute approximate surface area is 124 Å². The van der Waals surface area contributed by atoms with E-state index in [0.29, 0.717) is 10.8 Å². The third kappa shape index (κ3) is 2.73. The fourth-order valence-electron chi connectivity index (χ4n) is 1.96. The zero-order chi connectivity index (χ0) is 15.4. The largest absolute Gasteiger partial charge is 0.292 e. The van der Waals surface area contributed by atoms with Crippen LogP contribution in [0.15, 0.2) is 58.7 Å². The van der Waals surface area contributed by atoms with Crippen molar-refractivity contribution in [3.63, 3.8) is 0 Å². The van der Waals surface area contributed by atoms with Crippen molar-refractivity contribution in [2.75, 3.05) is 0 Å². The van der Waals surface area contributed by atoms with Crippen LogP contribution in [0.4, 0.5) is 0 Å². The second-order valence-corrected chi connectivity index (χ2v) is 4.43. The number of pyridine rings is 1. The zero-order valence-corrected chi connectivity index (χ0v) is 11.4. The first kappa shape index (κ1) is 13.6. The van der Waals surface area contributed by atoms with Gasteiger partial charge in [-0.1, -0.05) is 24.3 Å². The predicted molar refractivity (Wildman–Crippen MR) is 81.7 cm³/mol.